The van der Waals surface area contributed by atoms with Gasteiger partial charge in [-0.05, 0) is 20.8 Å². The number of carbonyl (C=O) groups is 1. The lowest BCUT2D eigenvalue weighted by atomic mass is 9.95. The average Bonchev–Trinajstić information content (AvgIpc) is 1.94. The average molecular weight is 214 g/mol. The standard InChI is InChI=1S/C12H22O3/c1-9(11(2,3)4)14-8-10(13)15-12(5,6)7/h1,8H2,2-7H3. The molecule has 0 saturated carbocycles. The fraction of sp³-hybridized carbons (Fsp3) is 0.750. The lowest BCUT2D eigenvalue weighted by Crippen LogP contribution is -2.27. The van der Waals surface area contributed by atoms with Crippen LogP contribution in [0.1, 0.15) is 41.5 Å². The van der Waals surface area contributed by atoms with E-state index in [0.717, 1.165) is 0 Å². The van der Waals surface area contributed by atoms with E-state index in [1.165, 1.54) is 0 Å². The van der Waals surface area contributed by atoms with Gasteiger partial charge in [0.15, 0.2) is 6.61 Å². The van der Waals surface area contributed by atoms with Crippen molar-refractivity contribution < 1.29 is 14.3 Å². The van der Waals surface area contributed by atoms with Gasteiger partial charge in [0.2, 0.25) is 0 Å². The molecule has 0 aliphatic heterocycles. The molecule has 88 valence electrons. The maximum atomic E-state index is 11.3. The number of esters is 1. The summed E-state index contributed by atoms with van der Waals surface area (Å²) in [4.78, 5) is 11.3. The smallest absolute Gasteiger partial charge is 0.344 e. The van der Waals surface area contributed by atoms with Gasteiger partial charge in [-0.3, -0.25) is 0 Å². The first kappa shape index (κ1) is 14.0. The number of ether oxygens (including phenoxy) is 2. The Morgan fingerprint density at radius 1 is 1.13 bits per heavy atom. The molecule has 3 nitrogen and oxygen atoms in total. The van der Waals surface area contributed by atoms with Crippen LogP contribution in [0, 0.1) is 5.41 Å². The van der Waals surface area contributed by atoms with Crippen molar-refractivity contribution in [2.45, 2.75) is 47.1 Å². The summed E-state index contributed by atoms with van der Waals surface area (Å²) in [5, 5.41) is 0. The molecule has 0 rings (SSSR count). The first-order valence-electron chi connectivity index (χ1n) is 5.06. The summed E-state index contributed by atoms with van der Waals surface area (Å²) in [6, 6.07) is 0. The molecule has 0 aliphatic rings. The Morgan fingerprint density at radius 2 is 1.60 bits per heavy atom. The molecule has 0 unspecified atom stereocenters. The van der Waals surface area contributed by atoms with Gasteiger partial charge in [0.05, 0.1) is 5.76 Å². The molecule has 0 heterocycles. The second-order valence-corrected chi connectivity index (χ2v) is 5.55. The Balaban J connectivity index is 3.98. The number of carbonyl (C=O) groups excluding carboxylic acids is 1. The van der Waals surface area contributed by atoms with Crippen LogP contribution in [0.15, 0.2) is 12.3 Å². The lowest BCUT2D eigenvalue weighted by molar-refractivity contribution is -0.159. The van der Waals surface area contributed by atoms with Crippen molar-refractivity contribution in [1.82, 2.24) is 0 Å². The zero-order chi connectivity index (χ0) is 12.3. The molecule has 0 fully saturated rings. The number of allylic oxidation sites excluding steroid dienone is 1. The molecular formula is C12H22O3. The summed E-state index contributed by atoms with van der Waals surface area (Å²) in [6.07, 6.45) is 0. The van der Waals surface area contributed by atoms with Crippen LogP contribution < -0.4 is 0 Å². The molecule has 0 aromatic carbocycles. The van der Waals surface area contributed by atoms with Gasteiger partial charge in [-0.25, -0.2) is 4.79 Å². The van der Waals surface area contributed by atoms with Gasteiger partial charge < -0.3 is 9.47 Å². The van der Waals surface area contributed by atoms with Crippen molar-refractivity contribution in [3.05, 3.63) is 12.3 Å². The topological polar surface area (TPSA) is 35.5 Å². The van der Waals surface area contributed by atoms with Crippen LogP contribution >= 0.6 is 0 Å². The van der Waals surface area contributed by atoms with Gasteiger partial charge >= 0.3 is 5.97 Å². The normalized spacial score (nSPS) is 12.1. The van der Waals surface area contributed by atoms with Gasteiger partial charge in [0.1, 0.15) is 5.60 Å². The van der Waals surface area contributed by atoms with Gasteiger partial charge in [0, 0.05) is 5.41 Å². The molecule has 0 atom stereocenters. The number of rotatable bonds is 3. The molecule has 0 saturated heterocycles. The first-order valence-corrected chi connectivity index (χ1v) is 5.06. The predicted molar refractivity (Wildman–Crippen MR) is 60.4 cm³/mol. The SMILES string of the molecule is C=C(OCC(=O)OC(C)(C)C)C(C)(C)C. The van der Waals surface area contributed by atoms with E-state index in [1.807, 2.05) is 41.5 Å². The maximum Gasteiger partial charge on any atom is 0.344 e. The summed E-state index contributed by atoms with van der Waals surface area (Å²) in [7, 11) is 0. The zero-order valence-corrected chi connectivity index (χ0v) is 10.6. The highest BCUT2D eigenvalue weighted by molar-refractivity contribution is 5.71. The van der Waals surface area contributed by atoms with E-state index in [4.69, 9.17) is 9.47 Å². The van der Waals surface area contributed by atoms with E-state index in [0.29, 0.717) is 5.76 Å². The van der Waals surface area contributed by atoms with Crippen LogP contribution in [0.3, 0.4) is 0 Å². The van der Waals surface area contributed by atoms with Crippen LogP contribution in [-0.4, -0.2) is 18.2 Å². The molecule has 0 aliphatic carbocycles. The maximum absolute atomic E-state index is 11.3. The summed E-state index contributed by atoms with van der Waals surface area (Å²) in [5.74, 6) is 0.223. The largest absolute Gasteiger partial charge is 0.486 e. The summed E-state index contributed by atoms with van der Waals surface area (Å²) in [6.45, 7) is 15.1. The molecule has 0 amide bonds. The Labute approximate surface area is 92.5 Å². The Morgan fingerprint density at radius 3 is 1.93 bits per heavy atom. The van der Waals surface area contributed by atoms with E-state index >= 15 is 0 Å². The second-order valence-electron chi connectivity index (χ2n) is 5.55. The van der Waals surface area contributed by atoms with E-state index in [1.54, 1.807) is 0 Å². The van der Waals surface area contributed by atoms with Crippen LogP contribution in [0.2, 0.25) is 0 Å². The van der Waals surface area contributed by atoms with Crippen LogP contribution in [-0.2, 0) is 14.3 Å². The number of hydrogen-bond donors (Lipinski definition) is 0. The fourth-order valence-electron chi connectivity index (χ4n) is 0.734. The predicted octanol–water partition coefficient (Wildman–Crippen LogP) is 2.90. The highest BCUT2D eigenvalue weighted by atomic mass is 16.6. The Kier molecular flexibility index (Phi) is 4.38. The quantitative estimate of drug-likeness (QED) is 0.535. The molecule has 0 N–H and O–H groups in total. The van der Waals surface area contributed by atoms with Crippen LogP contribution in [0.4, 0.5) is 0 Å². The van der Waals surface area contributed by atoms with Gasteiger partial charge in [-0.1, -0.05) is 27.4 Å². The molecule has 0 spiro atoms. The first-order chi connectivity index (χ1) is 6.52. The highest BCUT2D eigenvalue weighted by Crippen LogP contribution is 2.24. The third-order valence-corrected chi connectivity index (χ3v) is 1.62. The summed E-state index contributed by atoms with van der Waals surface area (Å²) < 4.78 is 10.3. The van der Waals surface area contributed by atoms with Crippen molar-refractivity contribution in [3.63, 3.8) is 0 Å². The molecule has 0 radical (unpaired) electrons. The molecule has 3 heteroatoms. The summed E-state index contributed by atoms with van der Waals surface area (Å²) >= 11 is 0. The molecule has 0 aromatic rings. The number of hydrogen-bond acceptors (Lipinski definition) is 3. The minimum atomic E-state index is -0.469. The van der Waals surface area contributed by atoms with E-state index in [2.05, 4.69) is 6.58 Å². The van der Waals surface area contributed by atoms with Crippen molar-refractivity contribution in [2.75, 3.05) is 6.61 Å². The molecule has 15 heavy (non-hydrogen) atoms. The highest BCUT2D eigenvalue weighted by Gasteiger charge is 2.20. The van der Waals surface area contributed by atoms with Crippen molar-refractivity contribution >= 4 is 5.97 Å². The fourth-order valence-corrected chi connectivity index (χ4v) is 0.734. The summed E-state index contributed by atoms with van der Waals surface area (Å²) in [5.41, 5.74) is -0.620. The minimum absolute atomic E-state index is 0.0760. The third kappa shape index (κ3) is 7.00. The third-order valence-electron chi connectivity index (χ3n) is 1.62. The van der Waals surface area contributed by atoms with E-state index in [-0.39, 0.29) is 18.0 Å². The molecule has 0 aromatic heterocycles. The van der Waals surface area contributed by atoms with Gasteiger partial charge in [-0.2, -0.15) is 0 Å². The van der Waals surface area contributed by atoms with Gasteiger partial charge in [-0.15, -0.1) is 0 Å². The van der Waals surface area contributed by atoms with Crippen LogP contribution in [0.5, 0.6) is 0 Å². The molecular weight excluding hydrogens is 192 g/mol. The van der Waals surface area contributed by atoms with Crippen molar-refractivity contribution in [2.24, 2.45) is 5.41 Å². The van der Waals surface area contributed by atoms with E-state index < -0.39 is 5.60 Å². The van der Waals surface area contributed by atoms with Crippen molar-refractivity contribution in [1.29, 1.82) is 0 Å². The van der Waals surface area contributed by atoms with Gasteiger partial charge in [0.25, 0.3) is 0 Å². The monoisotopic (exact) mass is 214 g/mol. The minimum Gasteiger partial charge on any atom is -0.486 e. The lowest BCUT2D eigenvalue weighted by Gasteiger charge is -2.23. The Hall–Kier alpha value is -0.990. The van der Waals surface area contributed by atoms with Crippen molar-refractivity contribution in [3.8, 4) is 0 Å². The Bertz CT molecular complexity index is 241. The van der Waals surface area contributed by atoms with E-state index in [9.17, 15) is 4.79 Å². The zero-order valence-electron chi connectivity index (χ0n) is 10.6. The second kappa shape index (κ2) is 4.69. The van der Waals surface area contributed by atoms with Crippen LogP contribution in [0.25, 0.3) is 0 Å². The molecule has 0 bridgehead atoms.